The molecule has 0 unspecified atom stereocenters. The Kier molecular flexibility index (Phi) is 5.97. The van der Waals surface area contributed by atoms with Gasteiger partial charge in [-0.15, -0.1) is 0 Å². The molecule has 1 aliphatic rings. The van der Waals surface area contributed by atoms with Crippen molar-refractivity contribution in [2.75, 3.05) is 33.2 Å². The summed E-state index contributed by atoms with van der Waals surface area (Å²) in [5, 5.41) is 11.6. The number of sulfonamides is 1. The molecule has 1 heterocycles. The maximum Gasteiger partial charge on any atom is 0.312 e. The average Bonchev–Trinajstić information content (AvgIpc) is 2.68. The largest absolute Gasteiger partial charge is 0.450 e. The fourth-order valence-corrected chi connectivity index (χ4v) is 4.52. The number of para-hydroxylation sites is 1. The number of ether oxygens (including phenoxy) is 1. The number of likely N-dealkylation sites (N-methyl/N-ethyl adjacent to an activating group) is 1. The lowest BCUT2D eigenvalue weighted by molar-refractivity contribution is -0.385. The van der Waals surface area contributed by atoms with E-state index >= 15 is 0 Å². The summed E-state index contributed by atoms with van der Waals surface area (Å²) in [7, 11) is -1.87. The summed E-state index contributed by atoms with van der Waals surface area (Å²) in [6.45, 7) is 3.92. The quantitative estimate of drug-likeness (QED) is 0.542. The maximum absolute atomic E-state index is 12.9. The van der Waals surface area contributed by atoms with E-state index in [1.165, 1.54) is 16.4 Å². The first-order chi connectivity index (χ1) is 13.3. The highest BCUT2D eigenvalue weighted by atomic mass is 32.2. The van der Waals surface area contributed by atoms with E-state index in [-0.39, 0.29) is 16.3 Å². The number of nitro groups is 1. The third kappa shape index (κ3) is 4.16. The molecule has 1 aliphatic heterocycles. The zero-order chi connectivity index (χ0) is 20.3. The van der Waals surface area contributed by atoms with Crippen LogP contribution in [0.2, 0.25) is 0 Å². The van der Waals surface area contributed by atoms with Crippen LogP contribution in [0.25, 0.3) is 0 Å². The molecule has 3 rings (SSSR count). The summed E-state index contributed by atoms with van der Waals surface area (Å²) in [5.41, 5.74) is 0.534. The van der Waals surface area contributed by atoms with E-state index in [2.05, 4.69) is 0 Å². The first-order valence-corrected chi connectivity index (χ1v) is 10.5. The molecule has 1 fully saturated rings. The second-order valence-corrected chi connectivity index (χ2v) is 8.60. The van der Waals surface area contributed by atoms with Gasteiger partial charge in [0.1, 0.15) is 5.75 Å². The van der Waals surface area contributed by atoms with Crippen LogP contribution in [0, 0.1) is 10.1 Å². The molecule has 150 valence electrons. The highest BCUT2D eigenvalue weighted by Crippen LogP contribution is 2.35. The van der Waals surface area contributed by atoms with Crippen LogP contribution < -0.4 is 4.74 Å². The second-order valence-electron chi connectivity index (χ2n) is 6.66. The number of benzene rings is 2. The molecular weight excluding hydrogens is 382 g/mol. The molecule has 28 heavy (non-hydrogen) atoms. The number of aryl methyl sites for hydroxylation is 1. The van der Waals surface area contributed by atoms with Gasteiger partial charge in [0, 0.05) is 32.2 Å². The number of hydrogen-bond donors (Lipinski definition) is 0. The van der Waals surface area contributed by atoms with Crippen LogP contribution in [0.15, 0.2) is 47.4 Å². The number of nitrogens with zero attached hydrogens (tertiary/aromatic N) is 3. The van der Waals surface area contributed by atoms with Gasteiger partial charge in [0.05, 0.1) is 9.82 Å². The van der Waals surface area contributed by atoms with Gasteiger partial charge in [-0.05, 0) is 37.2 Å². The van der Waals surface area contributed by atoms with Gasteiger partial charge in [0.2, 0.25) is 15.8 Å². The summed E-state index contributed by atoms with van der Waals surface area (Å²) in [5.74, 6) is 0.533. The van der Waals surface area contributed by atoms with Gasteiger partial charge in [0.25, 0.3) is 0 Å². The molecule has 0 saturated carbocycles. The summed E-state index contributed by atoms with van der Waals surface area (Å²) < 4.78 is 32.9. The third-order valence-electron chi connectivity index (χ3n) is 4.80. The Bertz CT molecular complexity index is 969. The van der Waals surface area contributed by atoms with Gasteiger partial charge in [-0.3, -0.25) is 10.1 Å². The summed E-state index contributed by atoms with van der Waals surface area (Å²) >= 11 is 0. The van der Waals surface area contributed by atoms with Crippen molar-refractivity contribution < 1.29 is 18.1 Å². The molecule has 2 aromatic rings. The highest BCUT2D eigenvalue weighted by Gasteiger charge is 2.30. The summed E-state index contributed by atoms with van der Waals surface area (Å²) in [6.07, 6.45) is 0.708. The van der Waals surface area contributed by atoms with Crippen molar-refractivity contribution >= 4 is 15.7 Å². The maximum atomic E-state index is 12.9. The van der Waals surface area contributed by atoms with E-state index in [4.69, 9.17) is 4.74 Å². The molecular formula is C19H23N3O5S. The third-order valence-corrected chi connectivity index (χ3v) is 6.70. The van der Waals surface area contributed by atoms with Crippen LogP contribution in [0.5, 0.6) is 11.5 Å². The fourth-order valence-electron chi connectivity index (χ4n) is 3.08. The minimum atomic E-state index is -3.80. The number of rotatable bonds is 6. The van der Waals surface area contributed by atoms with Gasteiger partial charge >= 0.3 is 5.69 Å². The van der Waals surface area contributed by atoms with Crippen molar-refractivity contribution in [3.05, 3.63) is 58.1 Å². The Hall–Kier alpha value is -2.49. The van der Waals surface area contributed by atoms with Gasteiger partial charge in [-0.25, -0.2) is 8.42 Å². The zero-order valence-electron chi connectivity index (χ0n) is 15.9. The fraction of sp³-hybridized carbons (Fsp3) is 0.368. The Morgan fingerprint density at radius 3 is 2.39 bits per heavy atom. The van der Waals surface area contributed by atoms with Gasteiger partial charge in [-0.2, -0.15) is 4.31 Å². The molecule has 0 spiro atoms. The molecule has 8 nitrogen and oxygen atoms in total. The van der Waals surface area contributed by atoms with Crippen molar-refractivity contribution in [2.24, 2.45) is 0 Å². The van der Waals surface area contributed by atoms with Crippen molar-refractivity contribution in [3.63, 3.8) is 0 Å². The number of piperazine rings is 1. The van der Waals surface area contributed by atoms with E-state index in [0.717, 1.165) is 11.6 Å². The minimum absolute atomic E-state index is 0.0169. The average molecular weight is 405 g/mol. The normalized spacial score (nSPS) is 16.1. The van der Waals surface area contributed by atoms with E-state index in [9.17, 15) is 18.5 Å². The number of nitro benzene ring substituents is 1. The lowest BCUT2D eigenvalue weighted by Crippen LogP contribution is -2.47. The van der Waals surface area contributed by atoms with Gasteiger partial charge in [0.15, 0.2) is 0 Å². The molecule has 0 amide bonds. The Labute approximate surface area is 164 Å². The topological polar surface area (TPSA) is 93.0 Å². The Morgan fingerprint density at radius 1 is 1.07 bits per heavy atom. The van der Waals surface area contributed by atoms with Crippen molar-refractivity contribution in [2.45, 2.75) is 18.2 Å². The van der Waals surface area contributed by atoms with Crippen LogP contribution in [-0.4, -0.2) is 55.8 Å². The zero-order valence-corrected chi connectivity index (χ0v) is 16.7. The van der Waals surface area contributed by atoms with E-state index in [1.807, 2.05) is 31.0 Å². The lowest BCUT2D eigenvalue weighted by atomic mass is 10.1. The standard InChI is InChI=1S/C19H23N3O5S/c1-3-15-6-4-5-7-18(15)27-19-9-8-16(14-17(19)22(23)24)28(25,26)21-12-10-20(2)11-13-21/h4-9,14H,3,10-13H2,1-2H3. The highest BCUT2D eigenvalue weighted by molar-refractivity contribution is 7.89. The molecule has 0 N–H and O–H groups in total. The van der Waals surface area contributed by atoms with E-state index < -0.39 is 14.9 Å². The molecule has 9 heteroatoms. The smallest absolute Gasteiger partial charge is 0.312 e. The van der Waals surface area contributed by atoms with Gasteiger partial charge < -0.3 is 9.64 Å². The van der Waals surface area contributed by atoms with E-state index in [1.54, 1.807) is 12.1 Å². The molecule has 0 aromatic heterocycles. The molecule has 1 saturated heterocycles. The molecule has 0 bridgehead atoms. The van der Waals surface area contributed by atoms with Crippen LogP contribution in [0.4, 0.5) is 5.69 Å². The monoisotopic (exact) mass is 405 g/mol. The summed E-state index contributed by atoms with van der Waals surface area (Å²) in [6, 6.07) is 11.1. The van der Waals surface area contributed by atoms with Crippen molar-refractivity contribution in [1.82, 2.24) is 9.21 Å². The van der Waals surface area contributed by atoms with Crippen LogP contribution in [0.1, 0.15) is 12.5 Å². The Balaban J connectivity index is 1.94. The van der Waals surface area contributed by atoms with Crippen LogP contribution in [-0.2, 0) is 16.4 Å². The SMILES string of the molecule is CCc1ccccc1Oc1ccc(S(=O)(=O)N2CCN(C)CC2)cc1[N+](=O)[O-]. The predicted molar refractivity (Wildman–Crippen MR) is 105 cm³/mol. The van der Waals surface area contributed by atoms with E-state index in [0.29, 0.717) is 38.3 Å². The molecule has 0 radical (unpaired) electrons. The molecule has 0 atom stereocenters. The molecule has 2 aromatic carbocycles. The van der Waals surface area contributed by atoms with Crippen molar-refractivity contribution in [1.29, 1.82) is 0 Å². The van der Waals surface area contributed by atoms with Crippen LogP contribution in [0.3, 0.4) is 0 Å². The first kappa shape index (κ1) is 20.2. The predicted octanol–water partition coefficient (Wildman–Crippen LogP) is 2.89. The summed E-state index contributed by atoms with van der Waals surface area (Å²) in [4.78, 5) is 12.9. The second kappa shape index (κ2) is 8.26. The van der Waals surface area contributed by atoms with Gasteiger partial charge in [-0.1, -0.05) is 25.1 Å². The van der Waals surface area contributed by atoms with Crippen molar-refractivity contribution in [3.8, 4) is 11.5 Å². The van der Waals surface area contributed by atoms with Crippen LogP contribution >= 0.6 is 0 Å². The minimum Gasteiger partial charge on any atom is -0.450 e. The Morgan fingerprint density at radius 2 is 1.75 bits per heavy atom. The first-order valence-electron chi connectivity index (χ1n) is 9.06. The molecule has 0 aliphatic carbocycles. The lowest BCUT2D eigenvalue weighted by Gasteiger charge is -2.31. The number of hydrogen-bond acceptors (Lipinski definition) is 6.